The van der Waals surface area contributed by atoms with Crippen molar-refractivity contribution in [1.29, 1.82) is 0 Å². The van der Waals surface area contributed by atoms with E-state index >= 15 is 0 Å². The Balaban J connectivity index is 2.38. The SMILES string of the molecule is CC(C)(CN)Oc1ccccc1-c1ccncc1. The van der Waals surface area contributed by atoms with Crippen LogP contribution in [0.1, 0.15) is 13.8 Å². The Morgan fingerprint density at radius 1 is 1.11 bits per heavy atom. The van der Waals surface area contributed by atoms with Gasteiger partial charge in [-0.1, -0.05) is 18.2 Å². The topological polar surface area (TPSA) is 48.1 Å². The summed E-state index contributed by atoms with van der Waals surface area (Å²) in [6.45, 7) is 4.43. The number of benzene rings is 1. The van der Waals surface area contributed by atoms with Gasteiger partial charge < -0.3 is 10.5 Å². The molecule has 0 amide bonds. The first-order chi connectivity index (χ1) is 8.62. The monoisotopic (exact) mass is 242 g/mol. The first-order valence-electron chi connectivity index (χ1n) is 6.01. The number of hydrogen-bond acceptors (Lipinski definition) is 3. The van der Waals surface area contributed by atoms with Crippen LogP contribution in [-0.4, -0.2) is 17.1 Å². The highest BCUT2D eigenvalue weighted by molar-refractivity contribution is 5.69. The van der Waals surface area contributed by atoms with Crippen molar-refractivity contribution in [2.45, 2.75) is 19.4 Å². The molecule has 0 saturated heterocycles. The summed E-state index contributed by atoms with van der Waals surface area (Å²) in [6.07, 6.45) is 3.56. The molecule has 0 aliphatic rings. The molecule has 0 bridgehead atoms. The second kappa shape index (κ2) is 5.19. The van der Waals surface area contributed by atoms with Crippen molar-refractivity contribution in [3.05, 3.63) is 48.8 Å². The van der Waals surface area contributed by atoms with Gasteiger partial charge in [0.05, 0.1) is 0 Å². The Morgan fingerprint density at radius 3 is 2.44 bits per heavy atom. The lowest BCUT2D eigenvalue weighted by Crippen LogP contribution is -2.37. The number of hydrogen-bond donors (Lipinski definition) is 1. The number of ether oxygens (including phenoxy) is 1. The van der Waals surface area contributed by atoms with Gasteiger partial charge in [-0.2, -0.15) is 0 Å². The molecule has 1 heterocycles. The van der Waals surface area contributed by atoms with Crippen LogP contribution in [0.5, 0.6) is 5.75 Å². The number of nitrogens with zero attached hydrogens (tertiary/aromatic N) is 1. The van der Waals surface area contributed by atoms with E-state index in [2.05, 4.69) is 4.98 Å². The highest BCUT2D eigenvalue weighted by atomic mass is 16.5. The number of nitrogens with two attached hydrogens (primary N) is 1. The number of para-hydroxylation sites is 1. The minimum absolute atomic E-state index is 0.372. The van der Waals surface area contributed by atoms with Crippen molar-refractivity contribution in [2.75, 3.05) is 6.54 Å². The second-order valence-electron chi connectivity index (χ2n) is 4.80. The number of rotatable bonds is 4. The normalized spacial score (nSPS) is 11.3. The fraction of sp³-hybridized carbons (Fsp3) is 0.267. The molecule has 18 heavy (non-hydrogen) atoms. The summed E-state index contributed by atoms with van der Waals surface area (Å²) in [5.41, 5.74) is 7.48. The maximum Gasteiger partial charge on any atom is 0.128 e. The van der Waals surface area contributed by atoms with Crippen molar-refractivity contribution in [1.82, 2.24) is 4.98 Å². The second-order valence-corrected chi connectivity index (χ2v) is 4.80. The quantitative estimate of drug-likeness (QED) is 0.896. The maximum absolute atomic E-state index is 5.99. The van der Waals surface area contributed by atoms with Crippen molar-refractivity contribution >= 4 is 0 Å². The summed E-state index contributed by atoms with van der Waals surface area (Å²) in [5, 5.41) is 0. The molecule has 94 valence electrons. The lowest BCUT2D eigenvalue weighted by molar-refractivity contribution is 0.119. The van der Waals surface area contributed by atoms with E-state index in [0.29, 0.717) is 6.54 Å². The first kappa shape index (κ1) is 12.6. The molecule has 0 unspecified atom stereocenters. The van der Waals surface area contributed by atoms with Crippen LogP contribution in [0, 0.1) is 0 Å². The molecular formula is C15H18N2O. The Kier molecular flexibility index (Phi) is 3.63. The highest BCUT2D eigenvalue weighted by Gasteiger charge is 2.19. The van der Waals surface area contributed by atoms with Gasteiger partial charge in [-0.25, -0.2) is 0 Å². The van der Waals surface area contributed by atoms with Gasteiger partial charge >= 0.3 is 0 Å². The van der Waals surface area contributed by atoms with E-state index < -0.39 is 0 Å². The summed E-state index contributed by atoms with van der Waals surface area (Å²) < 4.78 is 5.99. The van der Waals surface area contributed by atoms with Crippen LogP contribution < -0.4 is 10.5 Å². The zero-order chi connectivity index (χ0) is 13.0. The summed E-state index contributed by atoms with van der Waals surface area (Å²) in [5.74, 6) is 0.846. The van der Waals surface area contributed by atoms with Gasteiger partial charge in [-0.05, 0) is 37.6 Å². The summed E-state index contributed by atoms with van der Waals surface area (Å²) in [4.78, 5) is 4.03. The molecule has 0 aliphatic carbocycles. The first-order valence-corrected chi connectivity index (χ1v) is 6.01. The van der Waals surface area contributed by atoms with Gasteiger partial charge in [0, 0.05) is 24.5 Å². The van der Waals surface area contributed by atoms with Crippen LogP contribution in [-0.2, 0) is 0 Å². The van der Waals surface area contributed by atoms with E-state index in [0.717, 1.165) is 16.9 Å². The third-order valence-electron chi connectivity index (χ3n) is 2.76. The molecule has 3 nitrogen and oxygen atoms in total. The standard InChI is InChI=1S/C15H18N2O/c1-15(2,11-16)18-14-6-4-3-5-13(14)12-7-9-17-10-8-12/h3-10H,11,16H2,1-2H3. The molecular weight excluding hydrogens is 224 g/mol. The van der Waals surface area contributed by atoms with E-state index in [1.165, 1.54) is 0 Å². The largest absolute Gasteiger partial charge is 0.486 e. The van der Waals surface area contributed by atoms with E-state index in [9.17, 15) is 0 Å². The molecule has 2 rings (SSSR count). The highest BCUT2D eigenvalue weighted by Crippen LogP contribution is 2.31. The molecule has 1 aromatic heterocycles. The third-order valence-corrected chi connectivity index (χ3v) is 2.76. The molecule has 0 spiro atoms. The van der Waals surface area contributed by atoms with Gasteiger partial charge in [0.25, 0.3) is 0 Å². The van der Waals surface area contributed by atoms with Crippen molar-refractivity contribution in [3.63, 3.8) is 0 Å². The van der Waals surface area contributed by atoms with Crippen LogP contribution in [0.3, 0.4) is 0 Å². The van der Waals surface area contributed by atoms with Gasteiger partial charge in [0.1, 0.15) is 11.4 Å². The minimum Gasteiger partial charge on any atom is -0.486 e. The molecule has 0 fully saturated rings. The van der Waals surface area contributed by atoms with Gasteiger partial charge in [-0.15, -0.1) is 0 Å². The van der Waals surface area contributed by atoms with Crippen LogP contribution >= 0.6 is 0 Å². The predicted octanol–water partition coefficient (Wildman–Crippen LogP) is 2.86. The molecule has 0 radical (unpaired) electrons. The zero-order valence-corrected chi connectivity index (χ0v) is 10.8. The number of pyridine rings is 1. The Labute approximate surface area is 108 Å². The minimum atomic E-state index is -0.372. The lowest BCUT2D eigenvalue weighted by Gasteiger charge is -2.26. The fourth-order valence-electron chi connectivity index (χ4n) is 1.66. The Morgan fingerprint density at radius 2 is 1.78 bits per heavy atom. The average Bonchev–Trinajstić information content (AvgIpc) is 2.40. The summed E-state index contributed by atoms with van der Waals surface area (Å²) in [6, 6.07) is 11.9. The van der Waals surface area contributed by atoms with E-state index in [1.54, 1.807) is 12.4 Å². The predicted molar refractivity (Wildman–Crippen MR) is 73.4 cm³/mol. The molecule has 2 aromatic rings. The Bertz CT molecular complexity index is 509. The fourth-order valence-corrected chi connectivity index (χ4v) is 1.66. The van der Waals surface area contributed by atoms with Crippen LogP contribution in [0.15, 0.2) is 48.8 Å². The van der Waals surface area contributed by atoms with E-state index in [4.69, 9.17) is 10.5 Å². The maximum atomic E-state index is 5.99. The molecule has 2 N–H and O–H groups in total. The third kappa shape index (κ3) is 2.87. The average molecular weight is 242 g/mol. The zero-order valence-electron chi connectivity index (χ0n) is 10.8. The molecule has 3 heteroatoms. The van der Waals surface area contributed by atoms with Gasteiger partial charge in [-0.3, -0.25) is 4.98 Å². The van der Waals surface area contributed by atoms with Crippen LogP contribution in [0.4, 0.5) is 0 Å². The van der Waals surface area contributed by atoms with Crippen LogP contribution in [0.25, 0.3) is 11.1 Å². The van der Waals surface area contributed by atoms with E-state index in [1.807, 2.05) is 50.2 Å². The molecule has 0 atom stereocenters. The number of aromatic nitrogens is 1. The summed E-state index contributed by atoms with van der Waals surface area (Å²) in [7, 11) is 0. The van der Waals surface area contributed by atoms with Gasteiger partial charge in [0.15, 0.2) is 0 Å². The van der Waals surface area contributed by atoms with Gasteiger partial charge in [0.2, 0.25) is 0 Å². The van der Waals surface area contributed by atoms with Crippen molar-refractivity contribution in [2.24, 2.45) is 5.73 Å². The summed E-state index contributed by atoms with van der Waals surface area (Å²) >= 11 is 0. The van der Waals surface area contributed by atoms with Crippen LogP contribution in [0.2, 0.25) is 0 Å². The lowest BCUT2D eigenvalue weighted by atomic mass is 10.1. The van der Waals surface area contributed by atoms with Crippen molar-refractivity contribution < 1.29 is 4.74 Å². The molecule has 0 aliphatic heterocycles. The Hall–Kier alpha value is -1.87. The molecule has 0 saturated carbocycles. The van der Waals surface area contributed by atoms with Crippen molar-refractivity contribution in [3.8, 4) is 16.9 Å². The molecule has 1 aromatic carbocycles. The van der Waals surface area contributed by atoms with E-state index in [-0.39, 0.29) is 5.60 Å². The smallest absolute Gasteiger partial charge is 0.128 e.